The van der Waals surface area contributed by atoms with Crippen molar-refractivity contribution in [1.29, 1.82) is 5.26 Å². The van der Waals surface area contributed by atoms with Gasteiger partial charge in [-0.05, 0) is 37.8 Å². The van der Waals surface area contributed by atoms with Crippen molar-refractivity contribution in [1.82, 2.24) is 4.90 Å². The van der Waals surface area contributed by atoms with Crippen molar-refractivity contribution >= 4 is 17.7 Å². The molecule has 2 heterocycles. The molecule has 104 valence electrons. The van der Waals surface area contributed by atoms with E-state index in [4.69, 9.17) is 5.26 Å². The van der Waals surface area contributed by atoms with E-state index in [-0.39, 0.29) is 16.6 Å². The summed E-state index contributed by atoms with van der Waals surface area (Å²) in [5.74, 6) is 0.242. The van der Waals surface area contributed by atoms with Crippen molar-refractivity contribution < 1.29 is 4.79 Å². The Morgan fingerprint density at radius 2 is 2.10 bits per heavy atom. The molecule has 0 spiro atoms. The highest BCUT2D eigenvalue weighted by atomic mass is 32.2. The number of thioether (sulfide) groups is 1. The Balaban J connectivity index is 1.64. The predicted molar refractivity (Wildman–Crippen MR) is 79.3 cm³/mol. The maximum Gasteiger partial charge on any atom is 0.236 e. The Labute approximate surface area is 124 Å². The second kappa shape index (κ2) is 5.14. The smallest absolute Gasteiger partial charge is 0.236 e. The second-order valence-electron chi connectivity index (χ2n) is 5.92. The average molecular weight is 286 g/mol. The molecule has 0 radical (unpaired) electrons. The summed E-state index contributed by atoms with van der Waals surface area (Å²) in [5.41, 5.74) is 1.04. The van der Waals surface area contributed by atoms with Gasteiger partial charge in [-0.15, -0.1) is 11.8 Å². The van der Waals surface area contributed by atoms with Crippen LogP contribution >= 0.6 is 11.8 Å². The number of rotatable bonds is 1. The van der Waals surface area contributed by atoms with Gasteiger partial charge in [-0.25, -0.2) is 0 Å². The minimum absolute atomic E-state index is 0.0267. The number of piperidine rings is 1. The zero-order valence-corrected chi connectivity index (χ0v) is 12.4. The monoisotopic (exact) mass is 286 g/mol. The van der Waals surface area contributed by atoms with Crippen molar-refractivity contribution in [2.75, 3.05) is 13.1 Å². The molecule has 1 aromatic rings. The number of carbonyl (C=O) groups excluding carboxylic acids is 1. The molecule has 2 aliphatic rings. The van der Waals surface area contributed by atoms with Crippen molar-refractivity contribution in [3.63, 3.8) is 0 Å². The third-order valence-corrected chi connectivity index (χ3v) is 5.68. The largest absolute Gasteiger partial charge is 0.342 e. The van der Waals surface area contributed by atoms with E-state index >= 15 is 0 Å². The van der Waals surface area contributed by atoms with Gasteiger partial charge in [0.1, 0.15) is 0 Å². The molecule has 3 nitrogen and oxygen atoms in total. The first-order valence-electron chi connectivity index (χ1n) is 7.06. The highest BCUT2D eigenvalue weighted by molar-refractivity contribution is 8.01. The summed E-state index contributed by atoms with van der Waals surface area (Å²) >= 11 is 1.69. The molecule has 4 heteroatoms. The molecule has 1 saturated heterocycles. The number of carbonyl (C=O) groups is 1. The first-order valence-corrected chi connectivity index (χ1v) is 7.94. The van der Waals surface area contributed by atoms with Crippen LogP contribution in [0.15, 0.2) is 29.2 Å². The lowest BCUT2D eigenvalue weighted by Gasteiger charge is -2.36. The van der Waals surface area contributed by atoms with Crippen LogP contribution in [0.4, 0.5) is 0 Å². The number of hydrogen-bond donors (Lipinski definition) is 0. The summed E-state index contributed by atoms with van der Waals surface area (Å²) in [7, 11) is 0. The average Bonchev–Trinajstić information content (AvgIpc) is 2.91. The molecule has 1 fully saturated rings. The van der Waals surface area contributed by atoms with Gasteiger partial charge in [-0.1, -0.05) is 18.2 Å². The number of nitriles is 1. The lowest BCUT2D eigenvalue weighted by molar-refractivity contribution is -0.132. The summed E-state index contributed by atoms with van der Waals surface area (Å²) in [4.78, 5) is 15.8. The van der Waals surface area contributed by atoms with E-state index in [2.05, 4.69) is 18.2 Å². The van der Waals surface area contributed by atoms with Gasteiger partial charge < -0.3 is 4.90 Å². The van der Waals surface area contributed by atoms with Gasteiger partial charge in [0.05, 0.1) is 16.7 Å². The topological polar surface area (TPSA) is 44.1 Å². The van der Waals surface area contributed by atoms with Crippen LogP contribution in [-0.4, -0.2) is 29.1 Å². The molecule has 1 atom stereocenters. The molecule has 1 amide bonds. The molecule has 0 aromatic heterocycles. The minimum atomic E-state index is -0.247. The molecule has 20 heavy (non-hydrogen) atoms. The van der Waals surface area contributed by atoms with Crippen LogP contribution in [-0.2, 0) is 11.2 Å². The number of fused-ring (bicyclic) bond motifs is 1. The maximum atomic E-state index is 12.6. The van der Waals surface area contributed by atoms with E-state index in [0.717, 1.165) is 32.4 Å². The Morgan fingerprint density at radius 1 is 1.40 bits per heavy atom. The van der Waals surface area contributed by atoms with Gasteiger partial charge in [0, 0.05) is 18.0 Å². The number of benzene rings is 1. The number of amides is 1. The molecule has 1 unspecified atom stereocenters. The summed E-state index contributed by atoms with van der Waals surface area (Å²) in [6.07, 6.45) is 2.42. The Morgan fingerprint density at radius 3 is 2.75 bits per heavy atom. The lowest BCUT2D eigenvalue weighted by Crippen LogP contribution is -2.45. The van der Waals surface area contributed by atoms with E-state index < -0.39 is 0 Å². The van der Waals surface area contributed by atoms with Gasteiger partial charge in [0.25, 0.3) is 0 Å². The molecule has 2 aliphatic heterocycles. The van der Waals surface area contributed by atoms with Crippen LogP contribution in [0.5, 0.6) is 0 Å². The van der Waals surface area contributed by atoms with E-state index in [1.165, 1.54) is 10.5 Å². The number of hydrogen-bond acceptors (Lipinski definition) is 3. The van der Waals surface area contributed by atoms with Gasteiger partial charge in [0.15, 0.2) is 0 Å². The van der Waals surface area contributed by atoms with Crippen LogP contribution in [0, 0.1) is 16.7 Å². The fourth-order valence-electron chi connectivity index (χ4n) is 2.86. The molecule has 0 N–H and O–H groups in total. The summed E-state index contributed by atoms with van der Waals surface area (Å²) < 4.78 is 0. The standard InChI is InChI=1S/C16H18N2OS/c1-16(11-17)6-8-18(9-7-16)15(19)14-10-12-4-2-3-5-13(12)20-14/h2-5,14H,6-10H2,1H3. The quantitative estimate of drug-likeness (QED) is 0.797. The molecule has 0 saturated carbocycles. The minimum Gasteiger partial charge on any atom is -0.342 e. The molecule has 3 rings (SSSR count). The predicted octanol–water partition coefficient (Wildman–Crippen LogP) is 2.86. The normalized spacial score (nSPS) is 24.0. The molecule has 0 bridgehead atoms. The Kier molecular flexibility index (Phi) is 3.47. The highest BCUT2D eigenvalue weighted by Gasteiger charge is 2.36. The van der Waals surface area contributed by atoms with E-state index in [0.29, 0.717) is 0 Å². The van der Waals surface area contributed by atoms with Crippen LogP contribution in [0.25, 0.3) is 0 Å². The van der Waals surface area contributed by atoms with Crippen molar-refractivity contribution in [3.05, 3.63) is 29.8 Å². The van der Waals surface area contributed by atoms with Crippen molar-refractivity contribution in [2.24, 2.45) is 5.41 Å². The fraction of sp³-hybridized carbons (Fsp3) is 0.500. The molecular weight excluding hydrogens is 268 g/mol. The van der Waals surface area contributed by atoms with Crippen molar-refractivity contribution in [3.8, 4) is 6.07 Å². The van der Waals surface area contributed by atoms with Crippen LogP contribution in [0.2, 0.25) is 0 Å². The van der Waals surface area contributed by atoms with Crippen molar-refractivity contribution in [2.45, 2.75) is 36.3 Å². The summed E-state index contributed by atoms with van der Waals surface area (Å²) in [6, 6.07) is 10.6. The first kappa shape index (κ1) is 13.5. The van der Waals surface area contributed by atoms with Crippen LogP contribution in [0.3, 0.4) is 0 Å². The summed E-state index contributed by atoms with van der Waals surface area (Å²) in [5, 5.41) is 9.17. The summed E-state index contributed by atoms with van der Waals surface area (Å²) in [6.45, 7) is 3.43. The molecular formula is C16H18N2OS. The zero-order valence-electron chi connectivity index (χ0n) is 11.6. The van der Waals surface area contributed by atoms with E-state index in [9.17, 15) is 4.79 Å². The van der Waals surface area contributed by atoms with Gasteiger partial charge in [0.2, 0.25) is 5.91 Å². The van der Waals surface area contributed by atoms with Crippen LogP contribution in [0.1, 0.15) is 25.3 Å². The van der Waals surface area contributed by atoms with E-state index in [1.807, 2.05) is 24.0 Å². The van der Waals surface area contributed by atoms with Gasteiger partial charge in [-0.3, -0.25) is 4.79 Å². The molecule has 1 aromatic carbocycles. The fourth-order valence-corrected chi connectivity index (χ4v) is 4.14. The lowest BCUT2D eigenvalue weighted by atomic mass is 9.82. The van der Waals surface area contributed by atoms with Crippen LogP contribution < -0.4 is 0 Å². The van der Waals surface area contributed by atoms with Gasteiger partial charge >= 0.3 is 0 Å². The third kappa shape index (κ3) is 2.43. The molecule has 0 aliphatic carbocycles. The first-order chi connectivity index (χ1) is 9.61. The Bertz CT molecular complexity index is 545. The number of likely N-dealkylation sites (tertiary alicyclic amines) is 1. The highest BCUT2D eigenvalue weighted by Crippen LogP contribution is 2.38. The van der Waals surface area contributed by atoms with E-state index in [1.54, 1.807) is 11.8 Å². The maximum absolute atomic E-state index is 12.6. The number of nitrogens with zero attached hydrogens (tertiary/aromatic N) is 2. The van der Waals surface area contributed by atoms with Gasteiger partial charge in [-0.2, -0.15) is 5.26 Å². The third-order valence-electron chi connectivity index (χ3n) is 4.37. The second-order valence-corrected chi connectivity index (χ2v) is 7.16. The SMILES string of the molecule is CC1(C#N)CCN(C(=O)C2Cc3ccccc3S2)CC1. The Hall–Kier alpha value is -1.47. The zero-order chi connectivity index (χ0) is 14.2.